The molecule has 0 aliphatic carbocycles. The van der Waals surface area contributed by atoms with Crippen LogP contribution in [0.5, 0.6) is 5.75 Å². The molecule has 2 amide bonds. The standard InChI is InChI=1S/C18H17ClN2O5/c1-10-8-14(15(25-2)9-12(10)19)21-17(23)16(22)20-13-7-5-4-6-11(13)18(24)26-3/h4-9H,1-3H3,(H,20,22)(H,21,23). The normalized spacial score (nSPS) is 10.0. The van der Waals surface area contributed by atoms with Gasteiger partial charge in [0, 0.05) is 11.1 Å². The van der Waals surface area contributed by atoms with Gasteiger partial charge in [0.05, 0.1) is 31.2 Å². The topological polar surface area (TPSA) is 93.7 Å². The van der Waals surface area contributed by atoms with E-state index in [1.807, 2.05) is 0 Å². The predicted molar refractivity (Wildman–Crippen MR) is 97.8 cm³/mol. The Kier molecular flexibility index (Phi) is 6.19. The molecule has 0 heterocycles. The molecule has 0 aromatic heterocycles. The lowest BCUT2D eigenvalue weighted by Crippen LogP contribution is -2.30. The van der Waals surface area contributed by atoms with E-state index in [9.17, 15) is 14.4 Å². The molecule has 0 aliphatic rings. The molecule has 0 fully saturated rings. The zero-order chi connectivity index (χ0) is 19.3. The first-order valence-corrected chi connectivity index (χ1v) is 7.89. The third-order valence-electron chi connectivity index (χ3n) is 3.52. The summed E-state index contributed by atoms with van der Waals surface area (Å²) in [5, 5.41) is 5.32. The molecular weight excluding hydrogens is 360 g/mol. The summed E-state index contributed by atoms with van der Waals surface area (Å²) >= 11 is 6.02. The van der Waals surface area contributed by atoms with E-state index in [-0.39, 0.29) is 11.3 Å². The quantitative estimate of drug-likeness (QED) is 0.632. The van der Waals surface area contributed by atoms with Crippen molar-refractivity contribution in [3.8, 4) is 5.75 Å². The van der Waals surface area contributed by atoms with E-state index in [0.717, 1.165) is 0 Å². The highest BCUT2D eigenvalue weighted by atomic mass is 35.5. The van der Waals surface area contributed by atoms with Gasteiger partial charge in [-0.15, -0.1) is 0 Å². The van der Waals surface area contributed by atoms with E-state index in [0.29, 0.717) is 22.0 Å². The molecule has 2 rings (SSSR count). The first kappa shape index (κ1) is 19.3. The SMILES string of the molecule is COC(=O)c1ccccc1NC(=O)C(=O)Nc1cc(C)c(Cl)cc1OC. The van der Waals surface area contributed by atoms with Gasteiger partial charge in [-0.05, 0) is 30.7 Å². The van der Waals surface area contributed by atoms with Crippen molar-refractivity contribution < 1.29 is 23.9 Å². The number of carbonyl (C=O) groups is 3. The van der Waals surface area contributed by atoms with Crippen molar-refractivity contribution in [1.29, 1.82) is 0 Å². The number of rotatable bonds is 4. The molecule has 0 aliphatic heterocycles. The first-order chi connectivity index (χ1) is 12.4. The average molecular weight is 377 g/mol. The first-order valence-electron chi connectivity index (χ1n) is 7.51. The van der Waals surface area contributed by atoms with Gasteiger partial charge in [0.1, 0.15) is 5.75 Å². The molecule has 0 saturated carbocycles. The zero-order valence-corrected chi connectivity index (χ0v) is 15.1. The van der Waals surface area contributed by atoms with Crippen LogP contribution < -0.4 is 15.4 Å². The number of esters is 1. The van der Waals surface area contributed by atoms with Crippen molar-refractivity contribution in [3.63, 3.8) is 0 Å². The van der Waals surface area contributed by atoms with Crippen LogP contribution in [0.25, 0.3) is 0 Å². The van der Waals surface area contributed by atoms with Gasteiger partial charge in [-0.2, -0.15) is 0 Å². The van der Waals surface area contributed by atoms with Crippen molar-refractivity contribution in [2.24, 2.45) is 0 Å². The Balaban J connectivity index is 2.18. The van der Waals surface area contributed by atoms with Crippen molar-refractivity contribution in [2.45, 2.75) is 6.92 Å². The maximum Gasteiger partial charge on any atom is 0.339 e. The summed E-state index contributed by atoms with van der Waals surface area (Å²) in [6, 6.07) is 9.33. The van der Waals surface area contributed by atoms with Gasteiger partial charge < -0.3 is 20.1 Å². The zero-order valence-electron chi connectivity index (χ0n) is 14.4. The monoisotopic (exact) mass is 376 g/mol. The van der Waals surface area contributed by atoms with Crippen molar-refractivity contribution in [3.05, 3.63) is 52.5 Å². The van der Waals surface area contributed by atoms with Gasteiger partial charge in [-0.25, -0.2) is 4.79 Å². The molecule has 0 radical (unpaired) electrons. The van der Waals surface area contributed by atoms with Crippen LogP contribution in [0.4, 0.5) is 11.4 Å². The Morgan fingerprint density at radius 1 is 0.962 bits per heavy atom. The summed E-state index contributed by atoms with van der Waals surface area (Å²) in [5.41, 5.74) is 1.31. The minimum atomic E-state index is -0.948. The summed E-state index contributed by atoms with van der Waals surface area (Å²) in [7, 11) is 2.64. The lowest BCUT2D eigenvalue weighted by Gasteiger charge is -2.13. The van der Waals surface area contributed by atoms with Crippen LogP contribution in [0.2, 0.25) is 5.02 Å². The fourth-order valence-corrected chi connectivity index (χ4v) is 2.32. The number of para-hydroxylation sites is 1. The van der Waals surface area contributed by atoms with Gasteiger partial charge in [-0.1, -0.05) is 23.7 Å². The van der Waals surface area contributed by atoms with E-state index in [1.54, 1.807) is 25.1 Å². The summed E-state index contributed by atoms with van der Waals surface area (Å²) in [5.74, 6) is -2.19. The van der Waals surface area contributed by atoms with Crippen molar-refractivity contribution in [1.82, 2.24) is 0 Å². The predicted octanol–water partition coefficient (Wildman–Crippen LogP) is 3.02. The number of aryl methyl sites for hydroxylation is 1. The molecular formula is C18H17ClN2O5. The number of nitrogens with one attached hydrogen (secondary N) is 2. The van der Waals surface area contributed by atoms with Crippen LogP contribution in [-0.4, -0.2) is 32.0 Å². The average Bonchev–Trinajstić information content (AvgIpc) is 2.64. The molecule has 0 atom stereocenters. The van der Waals surface area contributed by atoms with Crippen LogP contribution in [0.15, 0.2) is 36.4 Å². The lowest BCUT2D eigenvalue weighted by molar-refractivity contribution is -0.133. The molecule has 2 aromatic rings. The molecule has 0 spiro atoms. The second-order valence-corrected chi connectivity index (χ2v) is 5.65. The number of methoxy groups -OCH3 is 2. The third-order valence-corrected chi connectivity index (χ3v) is 3.92. The molecule has 0 bridgehead atoms. The molecule has 26 heavy (non-hydrogen) atoms. The van der Waals surface area contributed by atoms with Crippen LogP contribution in [0.3, 0.4) is 0 Å². The molecule has 8 heteroatoms. The highest BCUT2D eigenvalue weighted by molar-refractivity contribution is 6.44. The second kappa shape index (κ2) is 8.35. The fraction of sp³-hybridized carbons (Fsp3) is 0.167. The van der Waals surface area contributed by atoms with Crippen LogP contribution >= 0.6 is 11.6 Å². The number of anilines is 2. The van der Waals surface area contributed by atoms with Gasteiger partial charge in [0.2, 0.25) is 0 Å². The number of hydrogen-bond donors (Lipinski definition) is 2. The summed E-state index contributed by atoms with van der Waals surface area (Å²) in [6.07, 6.45) is 0. The third kappa shape index (κ3) is 4.31. The Labute approximate surface area is 155 Å². The van der Waals surface area contributed by atoms with E-state index < -0.39 is 17.8 Å². The smallest absolute Gasteiger partial charge is 0.339 e. The Hall–Kier alpha value is -3.06. The Bertz CT molecular complexity index is 867. The highest BCUT2D eigenvalue weighted by Crippen LogP contribution is 2.31. The maximum atomic E-state index is 12.2. The summed E-state index contributed by atoms with van der Waals surface area (Å²) in [6.45, 7) is 1.75. The fourth-order valence-electron chi connectivity index (χ4n) is 2.17. The second-order valence-electron chi connectivity index (χ2n) is 5.25. The number of hydrogen-bond acceptors (Lipinski definition) is 5. The van der Waals surface area contributed by atoms with Gasteiger partial charge in [0.25, 0.3) is 0 Å². The molecule has 0 unspecified atom stereocenters. The summed E-state index contributed by atoms with van der Waals surface area (Å²) in [4.78, 5) is 36.1. The maximum absolute atomic E-state index is 12.2. The van der Waals surface area contributed by atoms with E-state index in [1.165, 1.54) is 32.4 Å². The number of carbonyl (C=O) groups excluding carboxylic acids is 3. The number of amides is 2. The Morgan fingerprint density at radius 2 is 1.58 bits per heavy atom. The molecule has 2 aromatic carbocycles. The molecule has 0 saturated heterocycles. The van der Waals surface area contributed by atoms with Crippen LogP contribution in [0.1, 0.15) is 15.9 Å². The van der Waals surface area contributed by atoms with Crippen molar-refractivity contribution >= 4 is 40.8 Å². The molecule has 7 nitrogen and oxygen atoms in total. The minimum Gasteiger partial charge on any atom is -0.495 e. The molecule has 136 valence electrons. The largest absolute Gasteiger partial charge is 0.495 e. The van der Waals surface area contributed by atoms with Crippen molar-refractivity contribution in [2.75, 3.05) is 24.9 Å². The van der Waals surface area contributed by atoms with E-state index in [4.69, 9.17) is 16.3 Å². The lowest BCUT2D eigenvalue weighted by atomic mass is 10.1. The van der Waals surface area contributed by atoms with Gasteiger partial charge >= 0.3 is 17.8 Å². The Morgan fingerprint density at radius 3 is 2.19 bits per heavy atom. The minimum absolute atomic E-state index is 0.135. The summed E-state index contributed by atoms with van der Waals surface area (Å²) < 4.78 is 9.80. The van der Waals surface area contributed by atoms with E-state index >= 15 is 0 Å². The number of benzene rings is 2. The highest BCUT2D eigenvalue weighted by Gasteiger charge is 2.20. The molecule has 2 N–H and O–H groups in total. The van der Waals surface area contributed by atoms with Gasteiger partial charge in [-0.3, -0.25) is 9.59 Å². The van der Waals surface area contributed by atoms with Crippen LogP contribution in [-0.2, 0) is 14.3 Å². The number of halogens is 1. The van der Waals surface area contributed by atoms with E-state index in [2.05, 4.69) is 15.4 Å². The van der Waals surface area contributed by atoms with Crippen LogP contribution in [0, 0.1) is 6.92 Å². The number of ether oxygens (including phenoxy) is 2. The van der Waals surface area contributed by atoms with Gasteiger partial charge in [0.15, 0.2) is 0 Å².